The van der Waals surface area contributed by atoms with Gasteiger partial charge in [0.2, 0.25) is 0 Å². The Labute approximate surface area is 147 Å². The highest BCUT2D eigenvalue weighted by molar-refractivity contribution is 6.00. The molecule has 0 saturated carbocycles. The van der Waals surface area contributed by atoms with Crippen molar-refractivity contribution in [3.05, 3.63) is 23.8 Å². The average molecular weight is 350 g/mol. The van der Waals surface area contributed by atoms with Crippen LogP contribution in [0.3, 0.4) is 0 Å². The number of fused-ring (bicyclic) bond motifs is 2. The maximum absolute atomic E-state index is 12.4. The molecule has 0 aromatic rings. The highest BCUT2D eigenvalue weighted by Gasteiger charge is 2.58. The van der Waals surface area contributed by atoms with Gasteiger partial charge in [0.25, 0.3) is 0 Å². The van der Waals surface area contributed by atoms with E-state index in [1.807, 2.05) is 13.8 Å². The van der Waals surface area contributed by atoms with E-state index in [0.717, 1.165) is 0 Å². The first-order valence-electron chi connectivity index (χ1n) is 8.73. The topological polar surface area (TPSA) is 85.4 Å². The Morgan fingerprint density at radius 1 is 1.44 bits per heavy atom. The van der Waals surface area contributed by atoms with Crippen molar-refractivity contribution in [3.63, 3.8) is 0 Å². The summed E-state index contributed by atoms with van der Waals surface area (Å²) < 4.78 is 16.9. The van der Waals surface area contributed by atoms with Crippen LogP contribution < -0.4 is 0 Å². The third-order valence-corrected chi connectivity index (χ3v) is 5.09. The number of carbonyl (C=O) groups is 2. The number of aliphatic hydroxyl groups is 1. The SMILES string of the molecule is C=C1C(=O)OC2C=C(C)C(=O)C3OC3C(C)(O)CC(OCC(C)C)C12. The van der Waals surface area contributed by atoms with Gasteiger partial charge in [0.15, 0.2) is 5.78 Å². The molecule has 2 aliphatic heterocycles. The van der Waals surface area contributed by atoms with Crippen LogP contribution in [0.2, 0.25) is 0 Å². The van der Waals surface area contributed by atoms with E-state index < -0.39 is 41.9 Å². The van der Waals surface area contributed by atoms with Crippen molar-refractivity contribution in [3.8, 4) is 0 Å². The maximum Gasteiger partial charge on any atom is 0.334 e. The van der Waals surface area contributed by atoms with Crippen LogP contribution in [0.1, 0.15) is 34.1 Å². The van der Waals surface area contributed by atoms with Gasteiger partial charge in [0.05, 0.1) is 17.6 Å². The minimum absolute atomic E-state index is 0.181. The standard InChI is InChI=1S/C19H26O6/c1-9(2)8-23-13-7-19(5,22)17-16(25-17)15(20)10(3)6-12-14(13)11(4)18(21)24-12/h6,9,12-14,16-17,22H,4,7-8H2,1-3,5H3. The van der Waals surface area contributed by atoms with E-state index in [1.54, 1.807) is 19.9 Å². The number of ketones is 1. The van der Waals surface area contributed by atoms with Crippen LogP contribution >= 0.6 is 0 Å². The van der Waals surface area contributed by atoms with Crippen LogP contribution in [0, 0.1) is 11.8 Å². The van der Waals surface area contributed by atoms with Gasteiger partial charge < -0.3 is 19.3 Å². The molecule has 0 amide bonds. The number of carbonyl (C=O) groups excluding carboxylic acids is 2. The first-order valence-corrected chi connectivity index (χ1v) is 8.73. The van der Waals surface area contributed by atoms with E-state index in [-0.39, 0.29) is 12.2 Å². The molecule has 3 rings (SSSR count). The van der Waals surface area contributed by atoms with E-state index in [9.17, 15) is 14.7 Å². The third-order valence-electron chi connectivity index (χ3n) is 5.09. The molecule has 0 radical (unpaired) electrons. The third kappa shape index (κ3) is 3.43. The van der Waals surface area contributed by atoms with Crippen molar-refractivity contribution in [1.82, 2.24) is 0 Å². The fraction of sp³-hybridized carbons (Fsp3) is 0.684. The zero-order chi connectivity index (χ0) is 18.5. The molecule has 0 spiro atoms. The predicted octanol–water partition coefficient (Wildman–Crippen LogP) is 1.56. The minimum Gasteiger partial charge on any atom is -0.454 e. The lowest BCUT2D eigenvalue weighted by Crippen LogP contribution is -2.44. The fourth-order valence-corrected chi connectivity index (χ4v) is 3.65. The zero-order valence-corrected chi connectivity index (χ0v) is 15.2. The number of epoxide rings is 1. The lowest BCUT2D eigenvalue weighted by atomic mass is 9.80. The molecule has 138 valence electrons. The van der Waals surface area contributed by atoms with Crippen molar-refractivity contribution >= 4 is 11.8 Å². The Morgan fingerprint density at radius 3 is 2.76 bits per heavy atom. The summed E-state index contributed by atoms with van der Waals surface area (Å²) in [6.45, 7) is 11.7. The van der Waals surface area contributed by atoms with Gasteiger partial charge in [0.1, 0.15) is 18.3 Å². The smallest absolute Gasteiger partial charge is 0.334 e. The summed E-state index contributed by atoms with van der Waals surface area (Å²) in [6.07, 6.45) is -0.383. The highest BCUT2D eigenvalue weighted by Crippen LogP contribution is 2.43. The number of Topliss-reactive ketones (excluding diaryl/α,β-unsaturated/α-hetero) is 1. The summed E-state index contributed by atoms with van der Waals surface area (Å²) in [4.78, 5) is 24.5. The first-order chi connectivity index (χ1) is 11.6. The number of esters is 1. The van der Waals surface area contributed by atoms with Crippen molar-refractivity contribution in [2.24, 2.45) is 11.8 Å². The van der Waals surface area contributed by atoms with Crippen molar-refractivity contribution < 1.29 is 28.9 Å². The molecule has 0 aromatic heterocycles. The summed E-state index contributed by atoms with van der Waals surface area (Å²) in [7, 11) is 0. The molecule has 6 nitrogen and oxygen atoms in total. The second-order valence-electron chi connectivity index (χ2n) is 7.94. The Bertz CT molecular complexity index is 632. The van der Waals surface area contributed by atoms with Gasteiger partial charge in [-0.3, -0.25) is 4.79 Å². The normalized spacial score (nSPS) is 41.1. The molecular formula is C19H26O6. The average Bonchev–Trinajstić information content (AvgIpc) is 3.27. The second-order valence-corrected chi connectivity index (χ2v) is 7.94. The summed E-state index contributed by atoms with van der Waals surface area (Å²) in [5.41, 5.74) is -0.457. The molecule has 2 heterocycles. The molecule has 1 aliphatic carbocycles. The molecule has 2 fully saturated rings. The molecule has 6 unspecified atom stereocenters. The molecular weight excluding hydrogens is 324 g/mol. The fourth-order valence-electron chi connectivity index (χ4n) is 3.65. The zero-order valence-electron chi connectivity index (χ0n) is 15.2. The molecule has 1 N–H and O–H groups in total. The molecule has 6 atom stereocenters. The molecule has 3 aliphatic rings. The first kappa shape index (κ1) is 18.3. The van der Waals surface area contributed by atoms with Crippen molar-refractivity contribution in [2.75, 3.05) is 6.61 Å². The van der Waals surface area contributed by atoms with Gasteiger partial charge in [0, 0.05) is 18.6 Å². The van der Waals surface area contributed by atoms with Crippen LogP contribution in [-0.4, -0.2) is 53.5 Å². The minimum atomic E-state index is -1.24. The van der Waals surface area contributed by atoms with Crippen molar-refractivity contribution in [2.45, 2.75) is 64.1 Å². The van der Waals surface area contributed by atoms with Gasteiger partial charge in [-0.1, -0.05) is 20.4 Å². The van der Waals surface area contributed by atoms with E-state index in [2.05, 4.69) is 6.58 Å². The monoisotopic (exact) mass is 350 g/mol. The van der Waals surface area contributed by atoms with Crippen LogP contribution in [-0.2, 0) is 23.8 Å². The second kappa shape index (κ2) is 6.34. The highest BCUT2D eigenvalue weighted by atomic mass is 16.6. The van der Waals surface area contributed by atoms with Gasteiger partial charge in [-0.05, 0) is 31.4 Å². The van der Waals surface area contributed by atoms with Crippen LogP contribution in [0.15, 0.2) is 23.8 Å². The van der Waals surface area contributed by atoms with E-state index in [4.69, 9.17) is 14.2 Å². The Morgan fingerprint density at radius 2 is 2.12 bits per heavy atom. The quantitative estimate of drug-likeness (QED) is 0.472. The molecule has 0 bridgehead atoms. The van der Waals surface area contributed by atoms with Crippen molar-refractivity contribution in [1.29, 1.82) is 0 Å². The number of hydrogen-bond donors (Lipinski definition) is 1. The van der Waals surface area contributed by atoms with Gasteiger partial charge in [-0.25, -0.2) is 4.79 Å². The Kier molecular flexibility index (Phi) is 4.64. The predicted molar refractivity (Wildman–Crippen MR) is 89.8 cm³/mol. The molecule has 6 heteroatoms. The number of rotatable bonds is 3. The van der Waals surface area contributed by atoms with Gasteiger partial charge in [-0.2, -0.15) is 0 Å². The molecule has 25 heavy (non-hydrogen) atoms. The Balaban J connectivity index is 1.98. The van der Waals surface area contributed by atoms with Crippen LogP contribution in [0.5, 0.6) is 0 Å². The summed E-state index contributed by atoms with van der Waals surface area (Å²) in [5.74, 6) is -0.797. The summed E-state index contributed by atoms with van der Waals surface area (Å²) in [5, 5.41) is 10.9. The van der Waals surface area contributed by atoms with Gasteiger partial charge in [-0.15, -0.1) is 0 Å². The van der Waals surface area contributed by atoms with Gasteiger partial charge >= 0.3 is 5.97 Å². The lowest BCUT2D eigenvalue weighted by Gasteiger charge is -2.33. The molecule has 0 aromatic carbocycles. The van der Waals surface area contributed by atoms with E-state index in [1.165, 1.54) is 0 Å². The summed E-state index contributed by atoms with van der Waals surface area (Å²) >= 11 is 0. The van der Waals surface area contributed by atoms with Crippen LogP contribution in [0.25, 0.3) is 0 Å². The summed E-state index contributed by atoms with van der Waals surface area (Å²) in [6, 6.07) is 0. The number of ether oxygens (including phenoxy) is 3. The number of hydrogen-bond acceptors (Lipinski definition) is 6. The Hall–Kier alpha value is -1.50. The lowest BCUT2D eigenvalue weighted by molar-refractivity contribution is -0.138. The van der Waals surface area contributed by atoms with E-state index in [0.29, 0.717) is 23.7 Å². The van der Waals surface area contributed by atoms with Crippen LogP contribution in [0.4, 0.5) is 0 Å². The maximum atomic E-state index is 12.4. The van der Waals surface area contributed by atoms with E-state index >= 15 is 0 Å². The largest absolute Gasteiger partial charge is 0.454 e. The molecule has 2 saturated heterocycles.